The highest BCUT2D eigenvalue weighted by atomic mass is 32.2. The molecule has 32 heavy (non-hydrogen) atoms. The Balaban J connectivity index is 1.42. The summed E-state index contributed by atoms with van der Waals surface area (Å²) in [6.07, 6.45) is 3.75. The van der Waals surface area contributed by atoms with Crippen LogP contribution in [0.3, 0.4) is 0 Å². The van der Waals surface area contributed by atoms with E-state index in [1.807, 2.05) is 24.3 Å². The molecule has 1 saturated carbocycles. The van der Waals surface area contributed by atoms with Crippen LogP contribution in [0, 0.1) is 11.8 Å². The summed E-state index contributed by atoms with van der Waals surface area (Å²) in [4.78, 5) is 2.67. The first-order valence-electron chi connectivity index (χ1n) is 11.4. The summed E-state index contributed by atoms with van der Waals surface area (Å²) >= 11 is 0. The Bertz CT molecular complexity index is 1100. The summed E-state index contributed by atoms with van der Waals surface area (Å²) in [5.41, 5.74) is 1.97. The molecule has 2 aromatic carbocycles. The van der Waals surface area contributed by atoms with Gasteiger partial charge in [-0.2, -0.15) is 0 Å². The van der Waals surface area contributed by atoms with E-state index >= 15 is 0 Å². The third-order valence-electron chi connectivity index (χ3n) is 8.05. The van der Waals surface area contributed by atoms with Crippen LogP contribution in [0.2, 0.25) is 0 Å². The number of β-amino-alcohol motifs (C(OH)–C–C–N with tert-alkyl or cyclic N) is 1. The molecule has 7 heteroatoms. The number of rotatable bonds is 6. The Morgan fingerprint density at radius 3 is 2.53 bits per heavy atom. The first-order valence-corrected chi connectivity index (χ1v) is 12.9. The maximum absolute atomic E-state index is 12.4. The van der Waals surface area contributed by atoms with Crippen molar-refractivity contribution in [1.29, 1.82) is 0 Å². The molecule has 0 spiro atoms. The number of aliphatic hydroxyl groups is 1. The second-order valence-electron chi connectivity index (χ2n) is 9.59. The zero-order valence-corrected chi connectivity index (χ0v) is 19.6. The van der Waals surface area contributed by atoms with Crippen molar-refractivity contribution in [2.24, 2.45) is 11.8 Å². The maximum Gasteiger partial charge on any atom is 0.240 e. The summed E-state index contributed by atoms with van der Waals surface area (Å²) < 4.78 is 33.5. The minimum Gasteiger partial charge on any atom is -0.384 e. The van der Waals surface area contributed by atoms with Gasteiger partial charge < -0.3 is 9.84 Å². The van der Waals surface area contributed by atoms with E-state index in [-0.39, 0.29) is 16.7 Å². The molecule has 0 aromatic heterocycles. The van der Waals surface area contributed by atoms with Crippen molar-refractivity contribution in [3.63, 3.8) is 0 Å². The first-order chi connectivity index (χ1) is 15.3. The van der Waals surface area contributed by atoms with Crippen molar-refractivity contribution in [3.8, 4) is 0 Å². The number of fused-ring (bicyclic) bond motifs is 3. The highest BCUT2D eigenvalue weighted by Crippen LogP contribution is 2.54. The Morgan fingerprint density at radius 1 is 1.12 bits per heavy atom. The molecule has 2 aromatic rings. The van der Waals surface area contributed by atoms with Gasteiger partial charge in [0.25, 0.3) is 0 Å². The number of methoxy groups -OCH3 is 1. The predicted molar refractivity (Wildman–Crippen MR) is 123 cm³/mol. The molecule has 2 aliphatic carbocycles. The van der Waals surface area contributed by atoms with Gasteiger partial charge in [-0.05, 0) is 61.6 Å². The molecule has 1 heterocycles. The highest BCUT2D eigenvalue weighted by Gasteiger charge is 2.56. The van der Waals surface area contributed by atoms with Gasteiger partial charge in [-0.25, -0.2) is 13.1 Å². The average Bonchev–Trinajstić information content (AvgIpc) is 3.23. The SMILES string of the molecule is CNS(=O)(=O)c1cccc(C2(OC)C3CCC2CN(CC2(O)CCc4ccccc42)C3)c1. The third kappa shape index (κ3) is 3.33. The number of piperidine rings is 1. The van der Waals surface area contributed by atoms with Gasteiger partial charge in [0.05, 0.1) is 4.90 Å². The molecule has 5 rings (SSSR count). The first kappa shape index (κ1) is 22.0. The molecule has 0 amide bonds. The molecular formula is C25H32N2O4S. The second-order valence-corrected chi connectivity index (χ2v) is 11.5. The molecule has 2 fully saturated rings. The average molecular weight is 457 g/mol. The normalized spacial score (nSPS) is 32.2. The Labute approximate surface area is 190 Å². The second kappa shape index (κ2) is 7.92. The summed E-state index contributed by atoms with van der Waals surface area (Å²) in [6, 6.07) is 15.5. The van der Waals surface area contributed by atoms with Crippen molar-refractivity contribution in [2.45, 2.75) is 41.8 Å². The van der Waals surface area contributed by atoms with Gasteiger partial charge >= 0.3 is 0 Å². The zero-order valence-electron chi connectivity index (χ0n) is 18.8. The fraction of sp³-hybridized carbons (Fsp3) is 0.520. The maximum atomic E-state index is 12.4. The molecule has 3 atom stereocenters. The lowest BCUT2D eigenvalue weighted by Gasteiger charge is -2.48. The summed E-state index contributed by atoms with van der Waals surface area (Å²) in [7, 11) is -0.337. The lowest BCUT2D eigenvalue weighted by atomic mass is 9.74. The molecule has 1 aliphatic heterocycles. The van der Waals surface area contributed by atoms with E-state index in [4.69, 9.17) is 4.74 Å². The van der Waals surface area contributed by atoms with Gasteiger partial charge in [0, 0.05) is 38.6 Å². The van der Waals surface area contributed by atoms with E-state index in [1.54, 1.807) is 19.2 Å². The van der Waals surface area contributed by atoms with Gasteiger partial charge in [-0.1, -0.05) is 36.4 Å². The summed E-state index contributed by atoms with van der Waals surface area (Å²) in [5, 5.41) is 11.5. The van der Waals surface area contributed by atoms with Gasteiger partial charge in [-0.15, -0.1) is 0 Å². The van der Waals surface area contributed by atoms with Crippen LogP contribution in [0.4, 0.5) is 0 Å². The van der Waals surface area contributed by atoms with Crippen molar-refractivity contribution in [1.82, 2.24) is 9.62 Å². The van der Waals surface area contributed by atoms with Gasteiger partial charge in [0.1, 0.15) is 11.2 Å². The smallest absolute Gasteiger partial charge is 0.240 e. The van der Waals surface area contributed by atoms with E-state index in [0.717, 1.165) is 49.9 Å². The molecule has 172 valence electrons. The van der Waals surface area contributed by atoms with Crippen LogP contribution >= 0.6 is 0 Å². The minimum atomic E-state index is -3.52. The Kier molecular flexibility index (Phi) is 5.46. The Morgan fingerprint density at radius 2 is 1.84 bits per heavy atom. The van der Waals surface area contributed by atoms with E-state index in [1.165, 1.54) is 12.6 Å². The number of nitrogens with zero attached hydrogens (tertiary/aromatic N) is 1. The van der Waals surface area contributed by atoms with Gasteiger partial charge in [0.2, 0.25) is 10.0 Å². The number of nitrogens with one attached hydrogen (secondary N) is 1. The fourth-order valence-electron chi connectivity index (χ4n) is 6.59. The van der Waals surface area contributed by atoms with Crippen LogP contribution in [-0.4, -0.2) is 52.2 Å². The largest absolute Gasteiger partial charge is 0.384 e. The molecule has 6 nitrogen and oxygen atoms in total. The minimum absolute atomic E-state index is 0.249. The quantitative estimate of drug-likeness (QED) is 0.699. The van der Waals surface area contributed by atoms with Crippen LogP contribution in [-0.2, 0) is 32.4 Å². The van der Waals surface area contributed by atoms with Crippen LogP contribution in [0.15, 0.2) is 53.4 Å². The lowest BCUT2D eigenvalue weighted by molar-refractivity contribution is -0.129. The highest BCUT2D eigenvalue weighted by molar-refractivity contribution is 7.89. The zero-order chi connectivity index (χ0) is 22.6. The van der Waals surface area contributed by atoms with Crippen LogP contribution in [0.25, 0.3) is 0 Å². The van der Waals surface area contributed by atoms with Gasteiger partial charge in [0.15, 0.2) is 0 Å². The number of hydrogen-bond acceptors (Lipinski definition) is 5. The fourth-order valence-corrected chi connectivity index (χ4v) is 7.37. The number of ether oxygens (including phenoxy) is 1. The molecule has 3 unspecified atom stereocenters. The van der Waals surface area contributed by atoms with Crippen LogP contribution in [0.5, 0.6) is 0 Å². The molecule has 3 aliphatic rings. The number of sulfonamides is 1. The summed E-state index contributed by atoms with van der Waals surface area (Å²) in [6.45, 7) is 2.29. The number of benzene rings is 2. The lowest BCUT2D eigenvalue weighted by Crippen LogP contribution is -2.55. The third-order valence-corrected chi connectivity index (χ3v) is 9.46. The molecule has 2 bridgehead atoms. The Hall–Kier alpha value is -1.77. The molecule has 1 saturated heterocycles. The molecule has 0 radical (unpaired) electrons. The van der Waals surface area contributed by atoms with Crippen LogP contribution < -0.4 is 4.72 Å². The number of aryl methyl sites for hydroxylation is 1. The van der Waals surface area contributed by atoms with E-state index in [2.05, 4.69) is 21.8 Å². The van der Waals surface area contributed by atoms with Crippen molar-refractivity contribution in [2.75, 3.05) is 33.8 Å². The number of hydrogen-bond donors (Lipinski definition) is 2. The van der Waals surface area contributed by atoms with Crippen LogP contribution in [0.1, 0.15) is 36.0 Å². The summed E-state index contributed by atoms with van der Waals surface area (Å²) in [5.74, 6) is 0.498. The predicted octanol–water partition coefficient (Wildman–Crippen LogP) is 2.61. The number of likely N-dealkylation sites (tertiary alicyclic amines) is 1. The van der Waals surface area contributed by atoms with E-state index in [9.17, 15) is 13.5 Å². The topological polar surface area (TPSA) is 78.9 Å². The standard InChI is InChI=1S/C25H32N2O4S/c1-26-32(29,30)22-8-5-7-19(14-22)25(31-2)20-10-11-21(25)16-27(15-20)17-24(28)13-12-18-6-3-4-9-23(18)24/h3-9,14,20-21,26,28H,10-13,15-17H2,1-2H3. The molecule has 2 N–H and O–H groups in total. The van der Waals surface area contributed by atoms with Crippen molar-refractivity contribution >= 4 is 10.0 Å². The molecular weight excluding hydrogens is 424 g/mol. The van der Waals surface area contributed by atoms with Gasteiger partial charge in [-0.3, -0.25) is 4.90 Å². The monoisotopic (exact) mass is 456 g/mol. The van der Waals surface area contributed by atoms with Crippen molar-refractivity contribution in [3.05, 3.63) is 65.2 Å². The van der Waals surface area contributed by atoms with E-state index < -0.39 is 21.2 Å². The van der Waals surface area contributed by atoms with Crippen molar-refractivity contribution < 1.29 is 18.3 Å². The van der Waals surface area contributed by atoms with E-state index in [0.29, 0.717) is 6.54 Å².